The number of hydrogen-bond donors (Lipinski definition) is 2. The predicted octanol–water partition coefficient (Wildman–Crippen LogP) is 1.07. The summed E-state index contributed by atoms with van der Waals surface area (Å²) in [6.07, 6.45) is -0.971. The number of nitrogens with two attached hydrogens (primary N) is 1. The van der Waals surface area contributed by atoms with Crippen molar-refractivity contribution in [3.63, 3.8) is 0 Å². The lowest BCUT2D eigenvalue weighted by atomic mass is 10.2. The molecule has 0 amide bonds. The van der Waals surface area contributed by atoms with Crippen molar-refractivity contribution in [3.05, 3.63) is 23.9 Å². The Hall–Kier alpha value is -1.72. The number of hydrogen-bond acceptors (Lipinski definition) is 3. The van der Waals surface area contributed by atoms with Crippen LogP contribution in [0.4, 0.5) is 14.6 Å². The molecule has 4 nitrogen and oxygen atoms in total. The first-order valence-electron chi connectivity index (χ1n) is 4.31. The van der Waals surface area contributed by atoms with Gasteiger partial charge in [0.1, 0.15) is 11.7 Å². The summed E-state index contributed by atoms with van der Waals surface area (Å²) in [6.45, 7) is -0.433. The summed E-state index contributed by atoms with van der Waals surface area (Å²) < 4.78 is 24.3. The van der Waals surface area contributed by atoms with Gasteiger partial charge < -0.3 is 10.6 Å². The fraction of sp³-hybridized carbons (Fsp3) is 0.333. The van der Waals surface area contributed by atoms with Crippen molar-refractivity contribution in [2.45, 2.75) is 6.43 Å². The Balaban J connectivity index is 2.97. The molecule has 0 atom stereocenters. The van der Waals surface area contributed by atoms with Gasteiger partial charge in [-0.25, -0.2) is 13.8 Å². The summed E-state index contributed by atoms with van der Waals surface area (Å²) >= 11 is 0. The van der Waals surface area contributed by atoms with Gasteiger partial charge in [-0.3, -0.25) is 5.41 Å². The first kappa shape index (κ1) is 11.4. The number of halogens is 2. The molecule has 0 bridgehead atoms. The average Bonchev–Trinajstić information content (AvgIpc) is 2.16. The standard InChI is InChI=1S/C9H12F2N4/c1-15(5-7(10)11)9-6(8(12)13)3-2-4-14-9/h2-4,7H,5H2,1H3,(H3,12,13). The molecule has 0 spiro atoms. The molecule has 3 N–H and O–H groups in total. The number of nitrogens with zero attached hydrogens (tertiary/aromatic N) is 2. The van der Waals surface area contributed by atoms with Gasteiger partial charge in [0.25, 0.3) is 6.43 Å². The van der Waals surface area contributed by atoms with Gasteiger partial charge in [0.15, 0.2) is 0 Å². The lowest BCUT2D eigenvalue weighted by Gasteiger charge is -2.19. The molecular weight excluding hydrogens is 202 g/mol. The smallest absolute Gasteiger partial charge is 0.255 e. The summed E-state index contributed by atoms with van der Waals surface area (Å²) in [5.41, 5.74) is 5.67. The van der Waals surface area contributed by atoms with Gasteiger partial charge in [0.2, 0.25) is 0 Å². The minimum Gasteiger partial charge on any atom is -0.384 e. The van der Waals surface area contributed by atoms with E-state index < -0.39 is 13.0 Å². The van der Waals surface area contributed by atoms with Crippen molar-refractivity contribution < 1.29 is 8.78 Å². The molecule has 0 aliphatic rings. The maximum Gasteiger partial charge on any atom is 0.255 e. The largest absolute Gasteiger partial charge is 0.384 e. The zero-order valence-electron chi connectivity index (χ0n) is 8.24. The molecule has 6 heteroatoms. The normalized spacial score (nSPS) is 10.4. The van der Waals surface area contributed by atoms with E-state index in [1.807, 2.05) is 0 Å². The van der Waals surface area contributed by atoms with E-state index in [1.165, 1.54) is 18.1 Å². The van der Waals surface area contributed by atoms with Gasteiger partial charge in [-0.2, -0.15) is 0 Å². The highest BCUT2D eigenvalue weighted by molar-refractivity contribution is 5.99. The third-order valence-corrected chi connectivity index (χ3v) is 1.85. The van der Waals surface area contributed by atoms with Crippen molar-refractivity contribution in [1.29, 1.82) is 5.41 Å². The first-order valence-corrected chi connectivity index (χ1v) is 4.31. The summed E-state index contributed by atoms with van der Waals surface area (Å²) in [5, 5.41) is 7.28. The molecule has 1 aromatic rings. The van der Waals surface area contributed by atoms with Crippen LogP contribution >= 0.6 is 0 Å². The Morgan fingerprint density at radius 3 is 2.87 bits per heavy atom. The monoisotopic (exact) mass is 214 g/mol. The van der Waals surface area contributed by atoms with Crippen molar-refractivity contribution in [2.75, 3.05) is 18.5 Å². The summed E-state index contributed by atoms with van der Waals surface area (Å²) in [6, 6.07) is 3.18. The fourth-order valence-electron chi connectivity index (χ4n) is 1.20. The topological polar surface area (TPSA) is 66.0 Å². The van der Waals surface area contributed by atoms with Crippen molar-refractivity contribution >= 4 is 11.7 Å². The minimum atomic E-state index is -2.45. The number of nitrogens with one attached hydrogen (secondary N) is 1. The SMILES string of the molecule is CN(CC(F)F)c1ncccc1C(=N)N. The van der Waals surface area contributed by atoms with E-state index in [4.69, 9.17) is 11.1 Å². The van der Waals surface area contributed by atoms with Crippen molar-refractivity contribution in [2.24, 2.45) is 5.73 Å². The molecule has 15 heavy (non-hydrogen) atoms. The van der Waals surface area contributed by atoms with Gasteiger partial charge in [0, 0.05) is 13.2 Å². The molecule has 0 aromatic carbocycles. The highest BCUT2D eigenvalue weighted by atomic mass is 19.3. The maximum absolute atomic E-state index is 12.1. The lowest BCUT2D eigenvalue weighted by Crippen LogP contribution is -2.28. The molecule has 82 valence electrons. The van der Waals surface area contributed by atoms with Crippen LogP contribution < -0.4 is 10.6 Å². The van der Waals surface area contributed by atoms with Gasteiger partial charge in [-0.05, 0) is 12.1 Å². The number of amidine groups is 1. The number of pyridine rings is 1. The quantitative estimate of drug-likeness (QED) is 0.582. The molecule has 1 rings (SSSR count). The van der Waals surface area contributed by atoms with Gasteiger partial charge in [-0.15, -0.1) is 0 Å². The van der Waals surface area contributed by atoms with Gasteiger partial charge in [-0.1, -0.05) is 0 Å². The van der Waals surface area contributed by atoms with Crippen LogP contribution in [0.5, 0.6) is 0 Å². The number of aromatic nitrogens is 1. The summed E-state index contributed by atoms with van der Waals surface area (Å²) in [7, 11) is 1.49. The Morgan fingerprint density at radius 2 is 2.33 bits per heavy atom. The van der Waals surface area contributed by atoms with Crippen molar-refractivity contribution in [3.8, 4) is 0 Å². The number of anilines is 1. The highest BCUT2D eigenvalue weighted by Gasteiger charge is 2.14. The predicted molar refractivity (Wildman–Crippen MR) is 54.5 cm³/mol. The average molecular weight is 214 g/mol. The second-order valence-corrected chi connectivity index (χ2v) is 3.06. The number of nitrogen functional groups attached to an aromatic ring is 1. The molecule has 0 radical (unpaired) electrons. The summed E-state index contributed by atoms with van der Waals surface area (Å²) in [5.74, 6) is 0.115. The third kappa shape index (κ3) is 2.87. The molecule has 1 aromatic heterocycles. The van der Waals surface area contributed by atoms with Crippen LogP contribution in [0.3, 0.4) is 0 Å². The lowest BCUT2D eigenvalue weighted by molar-refractivity contribution is 0.156. The van der Waals surface area contributed by atoms with Crippen LogP contribution in [0.25, 0.3) is 0 Å². The van der Waals surface area contributed by atoms with E-state index in [1.54, 1.807) is 12.1 Å². The van der Waals surface area contributed by atoms with E-state index in [0.717, 1.165) is 0 Å². The summed E-state index contributed by atoms with van der Waals surface area (Å²) in [4.78, 5) is 5.20. The zero-order chi connectivity index (χ0) is 11.4. The Labute approximate surface area is 86.2 Å². The number of alkyl halides is 2. The van der Waals surface area contributed by atoms with Crippen LogP contribution in [0.15, 0.2) is 18.3 Å². The number of rotatable bonds is 4. The second-order valence-electron chi connectivity index (χ2n) is 3.06. The fourth-order valence-corrected chi connectivity index (χ4v) is 1.20. The minimum absolute atomic E-state index is 0.181. The van der Waals surface area contributed by atoms with Crippen LogP contribution in [-0.4, -0.2) is 30.8 Å². The van der Waals surface area contributed by atoms with Crippen molar-refractivity contribution in [1.82, 2.24) is 4.98 Å². The molecule has 0 unspecified atom stereocenters. The first-order chi connectivity index (χ1) is 7.02. The third-order valence-electron chi connectivity index (χ3n) is 1.85. The molecule has 0 saturated carbocycles. The molecule has 1 heterocycles. The van der Waals surface area contributed by atoms with Crippen LogP contribution in [-0.2, 0) is 0 Å². The molecule has 0 aliphatic carbocycles. The zero-order valence-corrected chi connectivity index (χ0v) is 8.24. The van der Waals surface area contributed by atoms with Gasteiger partial charge >= 0.3 is 0 Å². The molecule has 0 saturated heterocycles. The van der Waals surface area contributed by atoms with E-state index in [-0.39, 0.29) is 5.84 Å². The van der Waals surface area contributed by atoms with E-state index >= 15 is 0 Å². The Bertz CT molecular complexity index is 354. The second kappa shape index (κ2) is 4.68. The maximum atomic E-state index is 12.1. The molecule has 0 fully saturated rings. The van der Waals surface area contributed by atoms with Crippen LogP contribution in [0.2, 0.25) is 0 Å². The van der Waals surface area contributed by atoms with E-state index in [0.29, 0.717) is 11.4 Å². The van der Waals surface area contributed by atoms with Crippen LogP contribution in [0.1, 0.15) is 5.56 Å². The van der Waals surface area contributed by atoms with Gasteiger partial charge in [0.05, 0.1) is 12.1 Å². The van der Waals surface area contributed by atoms with E-state index in [2.05, 4.69) is 4.98 Å². The Morgan fingerprint density at radius 1 is 1.67 bits per heavy atom. The highest BCUT2D eigenvalue weighted by Crippen LogP contribution is 2.15. The van der Waals surface area contributed by atoms with Crippen LogP contribution in [0, 0.1) is 5.41 Å². The molecule has 0 aliphatic heterocycles. The Kier molecular flexibility index (Phi) is 3.54. The molecular formula is C9H12F2N4. The van der Waals surface area contributed by atoms with E-state index in [9.17, 15) is 8.78 Å².